The van der Waals surface area contributed by atoms with Gasteiger partial charge in [-0.3, -0.25) is 9.59 Å². The molecule has 0 unspecified atom stereocenters. The van der Waals surface area contributed by atoms with Gasteiger partial charge in [-0.1, -0.05) is 11.6 Å². The van der Waals surface area contributed by atoms with Crippen molar-refractivity contribution >= 4 is 38.9 Å². The van der Waals surface area contributed by atoms with Gasteiger partial charge in [0.2, 0.25) is 5.91 Å². The van der Waals surface area contributed by atoms with E-state index in [1.165, 1.54) is 35.4 Å². The average molecular weight is 514 g/mol. The second-order valence-electron chi connectivity index (χ2n) is 8.23. The van der Waals surface area contributed by atoms with Crippen LogP contribution in [-0.2, 0) is 14.6 Å². The fourth-order valence-electron chi connectivity index (χ4n) is 3.33. The number of nitriles is 1. The Labute approximate surface area is 206 Å². The Bertz CT molecular complexity index is 1460. The number of nitrogens with one attached hydrogen (secondary N) is 2. The molecule has 1 atom stereocenters. The van der Waals surface area contributed by atoms with Crippen LogP contribution in [0.2, 0.25) is 5.02 Å². The number of nitrogens with zero attached hydrogens (tertiary/aromatic N) is 5. The Kier molecular flexibility index (Phi) is 6.31. The first-order chi connectivity index (χ1) is 16.5. The number of anilines is 1. The van der Waals surface area contributed by atoms with Crippen LogP contribution in [0.15, 0.2) is 47.8 Å². The summed E-state index contributed by atoms with van der Waals surface area (Å²) in [6.45, 7) is 1.69. The number of halogens is 1. The van der Waals surface area contributed by atoms with Crippen LogP contribution in [0.25, 0.3) is 5.82 Å². The van der Waals surface area contributed by atoms with E-state index in [1.807, 2.05) is 6.07 Å². The number of carbonyl (C=O) groups is 2. The van der Waals surface area contributed by atoms with E-state index in [0.29, 0.717) is 30.2 Å². The maximum atomic E-state index is 12.8. The minimum atomic E-state index is -3.55. The Morgan fingerprint density at radius 1 is 1.23 bits per heavy atom. The summed E-state index contributed by atoms with van der Waals surface area (Å²) < 4.78 is 25.2. The maximum Gasteiger partial charge on any atom is 0.251 e. The van der Waals surface area contributed by atoms with Gasteiger partial charge in [-0.25, -0.2) is 18.4 Å². The van der Waals surface area contributed by atoms with Gasteiger partial charge in [-0.15, -0.1) is 0 Å². The third kappa shape index (κ3) is 5.16. The molecule has 2 heterocycles. The fraction of sp³-hybridized carbons (Fsp3) is 0.273. The number of amides is 2. The van der Waals surface area contributed by atoms with Crippen molar-refractivity contribution in [1.29, 1.82) is 5.26 Å². The minimum absolute atomic E-state index is 0.0651. The van der Waals surface area contributed by atoms with E-state index in [4.69, 9.17) is 16.9 Å². The van der Waals surface area contributed by atoms with Crippen molar-refractivity contribution in [3.63, 3.8) is 0 Å². The highest BCUT2D eigenvalue weighted by molar-refractivity contribution is 7.90. The molecule has 35 heavy (non-hydrogen) atoms. The van der Waals surface area contributed by atoms with Crippen LogP contribution in [0.4, 0.5) is 5.69 Å². The van der Waals surface area contributed by atoms with Crippen molar-refractivity contribution in [2.24, 2.45) is 5.41 Å². The minimum Gasteiger partial charge on any atom is -0.342 e. The van der Waals surface area contributed by atoms with Gasteiger partial charge in [-0.05, 0) is 50.1 Å². The summed E-state index contributed by atoms with van der Waals surface area (Å²) in [5, 5.41) is 18.9. The van der Waals surface area contributed by atoms with E-state index in [9.17, 15) is 18.0 Å². The molecule has 1 aromatic carbocycles. The zero-order valence-corrected chi connectivity index (χ0v) is 20.3. The number of hydrogen-bond donors (Lipinski definition) is 2. The molecule has 0 saturated heterocycles. The topological polar surface area (TPSA) is 160 Å². The van der Waals surface area contributed by atoms with Crippen molar-refractivity contribution in [3.8, 4) is 11.9 Å². The molecule has 2 amide bonds. The quantitative estimate of drug-likeness (QED) is 0.487. The lowest BCUT2D eigenvalue weighted by atomic mass is 10.1. The van der Waals surface area contributed by atoms with Gasteiger partial charge in [0, 0.05) is 16.8 Å². The number of pyridine rings is 1. The lowest BCUT2D eigenvalue weighted by Gasteiger charge is -2.15. The van der Waals surface area contributed by atoms with E-state index in [2.05, 4.69) is 25.7 Å². The molecule has 3 aromatic rings. The highest BCUT2D eigenvalue weighted by Crippen LogP contribution is 2.45. The Balaban J connectivity index is 1.49. The van der Waals surface area contributed by atoms with Crippen LogP contribution in [0, 0.1) is 16.7 Å². The Morgan fingerprint density at radius 3 is 2.57 bits per heavy atom. The zero-order chi connectivity index (χ0) is 25.4. The highest BCUT2D eigenvalue weighted by atomic mass is 35.5. The SMILES string of the molecule is C[C@@H](NC(=O)c1cc(Cl)cc(S(C)(=O)=O)c1)c1ncnn1-c1ccc(NC(=O)C2(C#N)CC2)cn1. The van der Waals surface area contributed by atoms with Gasteiger partial charge in [0.25, 0.3) is 5.91 Å². The summed E-state index contributed by atoms with van der Waals surface area (Å²) >= 11 is 6.00. The van der Waals surface area contributed by atoms with E-state index >= 15 is 0 Å². The standard InChI is InChI=1S/C22H20ClN7O4S/c1-13(28-20(31)14-7-15(23)9-17(8-14)35(2,33)34)19-26-12-27-30(19)18-4-3-16(10-25-18)29-21(32)22(11-24)5-6-22/h3-4,7-10,12-13H,5-6H2,1-2H3,(H,28,31)(H,29,32)/t13-/m1/s1. The molecular formula is C22H20ClN7O4S. The van der Waals surface area contributed by atoms with Crippen LogP contribution in [0.1, 0.15) is 42.0 Å². The van der Waals surface area contributed by atoms with E-state index in [0.717, 1.165) is 6.26 Å². The van der Waals surface area contributed by atoms with Crippen molar-refractivity contribution in [1.82, 2.24) is 25.1 Å². The first-order valence-corrected chi connectivity index (χ1v) is 12.7. The van der Waals surface area contributed by atoms with E-state index < -0.39 is 27.2 Å². The number of aromatic nitrogens is 4. The zero-order valence-electron chi connectivity index (χ0n) is 18.7. The Morgan fingerprint density at radius 2 is 1.97 bits per heavy atom. The van der Waals surface area contributed by atoms with Gasteiger partial charge >= 0.3 is 0 Å². The molecule has 1 fully saturated rings. The second kappa shape index (κ2) is 9.09. The average Bonchev–Trinajstić information content (AvgIpc) is 3.47. The van der Waals surface area contributed by atoms with Crippen molar-refractivity contribution in [3.05, 3.63) is 59.3 Å². The molecular weight excluding hydrogens is 494 g/mol. The monoisotopic (exact) mass is 513 g/mol. The molecule has 180 valence electrons. The van der Waals surface area contributed by atoms with Crippen molar-refractivity contribution in [2.75, 3.05) is 11.6 Å². The van der Waals surface area contributed by atoms with Gasteiger partial charge in [0.1, 0.15) is 11.7 Å². The van der Waals surface area contributed by atoms with Crippen molar-refractivity contribution in [2.45, 2.75) is 30.7 Å². The number of sulfone groups is 1. The van der Waals surface area contributed by atoms with Gasteiger partial charge < -0.3 is 10.6 Å². The number of hydrogen-bond acceptors (Lipinski definition) is 8. The Hall–Kier alpha value is -3.82. The molecule has 1 aliphatic carbocycles. The van der Waals surface area contributed by atoms with Crippen molar-refractivity contribution < 1.29 is 18.0 Å². The van der Waals surface area contributed by atoms with E-state index in [-0.39, 0.29) is 21.4 Å². The lowest BCUT2D eigenvalue weighted by molar-refractivity contribution is -0.119. The first kappa shape index (κ1) is 24.3. The molecule has 0 aliphatic heterocycles. The van der Waals surface area contributed by atoms with Gasteiger partial charge in [-0.2, -0.15) is 15.0 Å². The van der Waals surface area contributed by atoms with Crippen LogP contribution in [-0.4, -0.2) is 46.2 Å². The smallest absolute Gasteiger partial charge is 0.251 e. The molecule has 11 nitrogen and oxygen atoms in total. The molecule has 0 radical (unpaired) electrons. The van der Waals surface area contributed by atoms with Crippen LogP contribution in [0.5, 0.6) is 0 Å². The summed E-state index contributed by atoms with van der Waals surface area (Å²) in [4.78, 5) is 33.5. The van der Waals surface area contributed by atoms with Crippen LogP contribution in [0.3, 0.4) is 0 Å². The summed E-state index contributed by atoms with van der Waals surface area (Å²) in [6.07, 6.45) is 4.85. The summed E-state index contributed by atoms with van der Waals surface area (Å²) in [5.41, 5.74) is -0.429. The normalized spacial score (nSPS) is 15.0. The molecule has 4 rings (SSSR count). The largest absolute Gasteiger partial charge is 0.342 e. The highest BCUT2D eigenvalue weighted by Gasteiger charge is 2.50. The molecule has 0 spiro atoms. The molecule has 2 N–H and O–H groups in total. The van der Waals surface area contributed by atoms with Gasteiger partial charge in [0.15, 0.2) is 21.5 Å². The predicted molar refractivity (Wildman–Crippen MR) is 126 cm³/mol. The molecule has 0 bridgehead atoms. The van der Waals surface area contributed by atoms with Crippen LogP contribution >= 0.6 is 11.6 Å². The van der Waals surface area contributed by atoms with E-state index in [1.54, 1.807) is 19.1 Å². The van der Waals surface area contributed by atoms with Crippen LogP contribution < -0.4 is 10.6 Å². The number of rotatable bonds is 7. The first-order valence-electron chi connectivity index (χ1n) is 10.4. The number of carbonyl (C=O) groups excluding carboxylic acids is 2. The summed E-state index contributed by atoms with van der Waals surface area (Å²) in [6, 6.07) is 8.55. The third-order valence-electron chi connectivity index (χ3n) is 5.49. The van der Waals surface area contributed by atoms with Gasteiger partial charge in [0.05, 0.1) is 28.9 Å². The lowest BCUT2D eigenvalue weighted by Crippen LogP contribution is -2.29. The fourth-order valence-corrected chi connectivity index (χ4v) is 4.31. The molecule has 2 aromatic heterocycles. The summed E-state index contributed by atoms with van der Waals surface area (Å²) in [5.74, 6) is -0.140. The maximum absolute atomic E-state index is 12.8. The third-order valence-corrected chi connectivity index (χ3v) is 6.80. The molecule has 1 saturated carbocycles. The summed E-state index contributed by atoms with van der Waals surface area (Å²) in [7, 11) is -3.55. The second-order valence-corrected chi connectivity index (χ2v) is 10.7. The molecule has 13 heteroatoms. The number of benzene rings is 1. The molecule has 1 aliphatic rings. The predicted octanol–water partition coefficient (Wildman–Crippen LogP) is 2.45.